The van der Waals surface area contributed by atoms with Crippen molar-refractivity contribution in [3.63, 3.8) is 0 Å². The Morgan fingerprint density at radius 2 is 1.84 bits per heavy atom. The van der Waals surface area contributed by atoms with Crippen molar-refractivity contribution in [1.29, 1.82) is 0 Å². The first-order valence-corrected chi connectivity index (χ1v) is 6.92. The Hall–Kier alpha value is -1.45. The van der Waals surface area contributed by atoms with Gasteiger partial charge in [-0.25, -0.2) is 4.79 Å². The monoisotopic (exact) mass is 292 g/mol. The molecule has 0 aliphatic carbocycles. The summed E-state index contributed by atoms with van der Waals surface area (Å²) in [6.07, 6.45) is 0. The van der Waals surface area contributed by atoms with Crippen LogP contribution in [-0.4, -0.2) is 13.1 Å². The molecule has 2 nitrogen and oxygen atoms in total. The molecule has 0 aliphatic rings. The molecule has 2 aromatic carbocycles. The van der Waals surface area contributed by atoms with Crippen LogP contribution in [0.15, 0.2) is 52.3 Å². The quantitative estimate of drug-likeness (QED) is 0.774. The summed E-state index contributed by atoms with van der Waals surface area (Å²) in [6.45, 7) is 1.98. The summed E-state index contributed by atoms with van der Waals surface area (Å²) in [5.74, 6) is -0.314. The molecule has 0 saturated heterocycles. The highest BCUT2D eigenvalue weighted by molar-refractivity contribution is 7.99. The van der Waals surface area contributed by atoms with Crippen molar-refractivity contribution in [2.24, 2.45) is 0 Å². The number of carbonyl (C=O) groups excluding carboxylic acids is 1. The maximum atomic E-state index is 11.4. The van der Waals surface area contributed by atoms with Gasteiger partial charge in [0.05, 0.1) is 12.7 Å². The molecule has 0 saturated carbocycles. The van der Waals surface area contributed by atoms with E-state index >= 15 is 0 Å². The Morgan fingerprint density at radius 1 is 1.16 bits per heavy atom. The van der Waals surface area contributed by atoms with Crippen LogP contribution in [0, 0.1) is 6.92 Å². The Kier molecular flexibility index (Phi) is 4.51. The first kappa shape index (κ1) is 14.0. The van der Waals surface area contributed by atoms with Gasteiger partial charge in [0.15, 0.2) is 0 Å². The molecule has 4 heteroatoms. The lowest BCUT2D eigenvalue weighted by Crippen LogP contribution is -2.01. The normalized spacial score (nSPS) is 10.3. The van der Waals surface area contributed by atoms with Crippen LogP contribution in [0.4, 0.5) is 0 Å². The van der Waals surface area contributed by atoms with Crippen molar-refractivity contribution in [1.82, 2.24) is 0 Å². The van der Waals surface area contributed by atoms with Crippen LogP contribution in [-0.2, 0) is 4.74 Å². The summed E-state index contributed by atoms with van der Waals surface area (Å²) in [6, 6.07) is 13.2. The van der Waals surface area contributed by atoms with Crippen molar-refractivity contribution in [2.45, 2.75) is 16.7 Å². The fourth-order valence-electron chi connectivity index (χ4n) is 1.64. The van der Waals surface area contributed by atoms with Crippen LogP contribution in [0.5, 0.6) is 0 Å². The molecule has 0 heterocycles. The lowest BCUT2D eigenvalue weighted by Gasteiger charge is -2.07. The van der Waals surface area contributed by atoms with Crippen molar-refractivity contribution in [3.05, 3.63) is 58.6 Å². The van der Waals surface area contributed by atoms with Crippen LogP contribution in [0.2, 0.25) is 5.02 Å². The second-order valence-corrected chi connectivity index (χ2v) is 5.58. The topological polar surface area (TPSA) is 26.3 Å². The number of methoxy groups -OCH3 is 1. The maximum absolute atomic E-state index is 11.4. The second-order valence-electron chi connectivity index (χ2n) is 4.03. The first-order valence-electron chi connectivity index (χ1n) is 5.72. The molecular formula is C15H13ClO2S. The van der Waals surface area contributed by atoms with E-state index in [1.807, 2.05) is 43.3 Å². The summed E-state index contributed by atoms with van der Waals surface area (Å²) >= 11 is 7.50. The molecule has 0 spiro atoms. The number of benzene rings is 2. The Morgan fingerprint density at radius 3 is 2.42 bits per heavy atom. The Bertz CT molecular complexity index is 594. The van der Waals surface area contributed by atoms with Gasteiger partial charge in [0.2, 0.25) is 0 Å². The zero-order valence-electron chi connectivity index (χ0n) is 10.6. The van der Waals surface area contributed by atoms with Crippen LogP contribution in [0.1, 0.15) is 15.9 Å². The van der Waals surface area contributed by atoms with Gasteiger partial charge in [-0.3, -0.25) is 0 Å². The molecule has 0 N–H and O–H groups in total. The van der Waals surface area contributed by atoms with E-state index in [0.29, 0.717) is 5.56 Å². The van der Waals surface area contributed by atoms with Gasteiger partial charge in [-0.05, 0) is 55.0 Å². The summed E-state index contributed by atoms with van der Waals surface area (Å²) in [5.41, 5.74) is 1.61. The zero-order chi connectivity index (χ0) is 13.8. The zero-order valence-corrected chi connectivity index (χ0v) is 12.2. The third kappa shape index (κ3) is 3.52. The summed E-state index contributed by atoms with van der Waals surface area (Å²) in [5, 5.41) is 0.724. The standard InChI is InChI=1S/C15H13ClO2S/c1-10-9-11(15(17)18-2)3-8-14(10)19-13-6-4-12(16)5-7-13/h3-9H,1-2H3. The van der Waals surface area contributed by atoms with Crippen molar-refractivity contribution in [3.8, 4) is 0 Å². The number of aryl methyl sites for hydroxylation is 1. The summed E-state index contributed by atoms with van der Waals surface area (Å²) in [4.78, 5) is 13.6. The van der Waals surface area contributed by atoms with Crippen LogP contribution in [0.25, 0.3) is 0 Å². The second kappa shape index (κ2) is 6.13. The number of hydrogen-bond donors (Lipinski definition) is 0. The molecule has 0 unspecified atom stereocenters. The fraction of sp³-hybridized carbons (Fsp3) is 0.133. The van der Waals surface area contributed by atoms with Crippen LogP contribution in [0.3, 0.4) is 0 Å². The van der Waals surface area contributed by atoms with Crippen molar-refractivity contribution in [2.75, 3.05) is 7.11 Å². The Balaban J connectivity index is 2.22. The van der Waals surface area contributed by atoms with Gasteiger partial charge in [-0.1, -0.05) is 23.4 Å². The van der Waals surface area contributed by atoms with E-state index in [1.54, 1.807) is 17.8 Å². The molecule has 0 aromatic heterocycles. The molecule has 0 bridgehead atoms. The number of carbonyl (C=O) groups is 1. The van der Waals surface area contributed by atoms with Gasteiger partial charge >= 0.3 is 5.97 Å². The SMILES string of the molecule is COC(=O)c1ccc(Sc2ccc(Cl)cc2)c(C)c1. The average molecular weight is 293 g/mol. The fourth-order valence-corrected chi connectivity index (χ4v) is 2.65. The molecule has 98 valence electrons. The van der Waals surface area contributed by atoms with Gasteiger partial charge in [-0.2, -0.15) is 0 Å². The number of halogens is 1. The van der Waals surface area contributed by atoms with E-state index in [-0.39, 0.29) is 5.97 Å². The van der Waals surface area contributed by atoms with E-state index in [4.69, 9.17) is 16.3 Å². The van der Waals surface area contributed by atoms with Gasteiger partial charge in [0.1, 0.15) is 0 Å². The average Bonchev–Trinajstić information content (AvgIpc) is 2.42. The maximum Gasteiger partial charge on any atom is 0.337 e. The Labute approximate surface area is 121 Å². The van der Waals surface area contributed by atoms with Gasteiger partial charge in [0, 0.05) is 14.8 Å². The molecule has 0 fully saturated rings. The number of rotatable bonds is 3. The van der Waals surface area contributed by atoms with E-state index in [0.717, 1.165) is 20.4 Å². The van der Waals surface area contributed by atoms with E-state index in [9.17, 15) is 4.79 Å². The number of ether oxygens (including phenoxy) is 1. The minimum absolute atomic E-state index is 0.314. The molecule has 0 aliphatic heterocycles. The predicted octanol–water partition coefficient (Wildman–Crippen LogP) is 4.59. The predicted molar refractivity (Wildman–Crippen MR) is 78.1 cm³/mol. The molecular weight excluding hydrogens is 280 g/mol. The lowest BCUT2D eigenvalue weighted by molar-refractivity contribution is 0.0600. The number of hydrogen-bond acceptors (Lipinski definition) is 3. The van der Waals surface area contributed by atoms with Crippen LogP contribution >= 0.6 is 23.4 Å². The highest BCUT2D eigenvalue weighted by Gasteiger charge is 2.08. The minimum Gasteiger partial charge on any atom is -0.465 e. The number of esters is 1. The first-order chi connectivity index (χ1) is 9.10. The third-order valence-electron chi connectivity index (χ3n) is 2.64. The van der Waals surface area contributed by atoms with E-state index < -0.39 is 0 Å². The lowest BCUT2D eigenvalue weighted by atomic mass is 10.1. The van der Waals surface area contributed by atoms with E-state index in [2.05, 4.69) is 0 Å². The van der Waals surface area contributed by atoms with Gasteiger partial charge in [0.25, 0.3) is 0 Å². The smallest absolute Gasteiger partial charge is 0.337 e. The largest absolute Gasteiger partial charge is 0.465 e. The third-order valence-corrected chi connectivity index (χ3v) is 4.08. The highest BCUT2D eigenvalue weighted by Crippen LogP contribution is 2.31. The van der Waals surface area contributed by atoms with Crippen molar-refractivity contribution >= 4 is 29.3 Å². The molecule has 19 heavy (non-hydrogen) atoms. The van der Waals surface area contributed by atoms with E-state index in [1.165, 1.54) is 7.11 Å². The van der Waals surface area contributed by atoms with Gasteiger partial charge in [-0.15, -0.1) is 0 Å². The molecule has 2 rings (SSSR count). The van der Waals surface area contributed by atoms with Crippen LogP contribution < -0.4 is 0 Å². The van der Waals surface area contributed by atoms with Gasteiger partial charge < -0.3 is 4.74 Å². The minimum atomic E-state index is -0.314. The van der Waals surface area contributed by atoms with Crippen molar-refractivity contribution < 1.29 is 9.53 Å². The molecule has 2 aromatic rings. The molecule has 0 radical (unpaired) electrons. The summed E-state index contributed by atoms with van der Waals surface area (Å²) in [7, 11) is 1.38. The highest BCUT2D eigenvalue weighted by atomic mass is 35.5. The summed E-state index contributed by atoms with van der Waals surface area (Å²) < 4.78 is 4.70. The molecule has 0 amide bonds. The molecule has 0 atom stereocenters.